The van der Waals surface area contributed by atoms with Crippen LogP contribution in [0.3, 0.4) is 0 Å². The molecular formula is C20H23FN2O3S. The average molecular weight is 390 g/mol. The maximum atomic E-state index is 13.8. The summed E-state index contributed by atoms with van der Waals surface area (Å²) in [7, 11) is -3.79. The molecule has 5 nitrogen and oxygen atoms in total. The Morgan fingerprint density at radius 1 is 1.00 bits per heavy atom. The monoisotopic (exact) mass is 390 g/mol. The van der Waals surface area contributed by atoms with Gasteiger partial charge in [-0.15, -0.1) is 0 Å². The molecule has 1 aliphatic rings. The SMILES string of the molecule is Cc1cccc(C(=O)N2CCCN(S(=O)(=O)c3ccc(C)c(F)c3)CC2)c1. The van der Waals surface area contributed by atoms with Crippen molar-refractivity contribution in [1.29, 1.82) is 0 Å². The van der Waals surface area contributed by atoms with E-state index in [1.807, 2.05) is 25.1 Å². The van der Waals surface area contributed by atoms with Gasteiger partial charge in [0.2, 0.25) is 10.0 Å². The molecule has 7 heteroatoms. The van der Waals surface area contributed by atoms with Gasteiger partial charge < -0.3 is 4.90 Å². The summed E-state index contributed by atoms with van der Waals surface area (Å²) in [5.74, 6) is -0.638. The maximum Gasteiger partial charge on any atom is 0.253 e. The largest absolute Gasteiger partial charge is 0.337 e. The molecule has 0 bridgehead atoms. The molecule has 2 aromatic carbocycles. The number of carbonyl (C=O) groups is 1. The molecule has 0 aliphatic carbocycles. The van der Waals surface area contributed by atoms with E-state index in [4.69, 9.17) is 0 Å². The second-order valence-electron chi connectivity index (χ2n) is 6.83. The van der Waals surface area contributed by atoms with Crippen molar-refractivity contribution in [2.75, 3.05) is 26.2 Å². The summed E-state index contributed by atoms with van der Waals surface area (Å²) in [4.78, 5) is 14.4. The van der Waals surface area contributed by atoms with Crippen LogP contribution in [0.15, 0.2) is 47.4 Å². The van der Waals surface area contributed by atoms with Crippen molar-refractivity contribution in [2.45, 2.75) is 25.2 Å². The molecule has 0 N–H and O–H groups in total. The summed E-state index contributed by atoms with van der Waals surface area (Å²) in [6, 6.07) is 11.3. The van der Waals surface area contributed by atoms with Crippen molar-refractivity contribution in [3.63, 3.8) is 0 Å². The topological polar surface area (TPSA) is 57.7 Å². The molecule has 1 aliphatic heterocycles. The van der Waals surface area contributed by atoms with E-state index < -0.39 is 15.8 Å². The predicted octanol–water partition coefficient (Wildman–Crippen LogP) is 2.98. The van der Waals surface area contributed by atoms with Crippen LogP contribution in [0.4, 0.5) is 4.39 Å². The summed E-state index contributed by atoms with van der Waals surface area (Å²) >= 11 is 0. The van der Waals surface area contributed by atoms with Crippen LogP contribution in [0, 0.1) is 19.7 Å². The Morgan fingerprint density at radius 2 is 1.78 bits per heavy atom. The van der Waals surface area contributed by atoms with Gasteiger partial charge in [0.25, 0.3) is 5.91 Å². The Kier molecular flexibility index (Phi) is 5.62. The normalized spacial score (nSPS) is 16.2. The molecule has 0 atom stereocenters. The minimum Gasteiger partial charge on any atom is -0.337 e. The second-order valence-corrected chi connectivity index (χ2v) is 8.77. The van der Waals surface area contributed by atoms with Crippen LogP contribution in [-0.4, -0.2) is 49.7 Å². The zero-order chi connectivity index (χ0) is 19.6. The first kappa shape index (κ1) is 19.5. The van der Waals surface area contributed by atoms with Crippen molar-refractivity contribution in [3.8, 4) is 0 Å². The molecule has 2 aromatic rings. The minimum atomic E-state index is -3.79. The molecule has 0 aromatic heterocycles. The van der Waals surface area contributed by atoms with Gasteiger partial charge in [-0.1, -0.05) is 23.8 Å². The van der Waals surface area contributed by atoms with Gasteiger partial charge in [0.15, 0.2) is 0 Å². The van der Waals surface area contributed by atoms with Crippen LogP contribution in [0.1, 0.15) is 27.9 Å². The quantitative estimate of drug-likeness (QED) is 0.810. The zero-order valence-electron chi connectivity index (χ0n) is 15.5. The summed E-state index contributed by atoms with van der Waals surface area (Å²) in [6.07, 6.45) is 0.533. The van der Waals surface area contributed by atoms with Crippen LogP contribution in [0.2, 0.25) is 0 Å². The summed E-state index contributed by atoms with van der Waals surface area (Å²) < 4.78 is 40.8. The highest BCUT2D eigenvalue weighted by Gasteiger charge is 2.29. The molecular weight excluding hydrogens is 367 g/mol. The van der Waals surface area contributed by atoms with Gasteiger partial charge in [-0.3, -0.25) is 4.79 Å². The number of benzene rings is 2. The molecule has 1 amide bonds. The van der Waals surface area contributed by atoms with E-state index in [0.717, 1.165) is 11.6 Å². The number of hydrogen-bond acceptors (Lipinski definition) is 3. The standard InChI is InChI=1S/C20H23FN2O3S/c1-15-5-3-6-17(13-15)20(24)22-9-4-10-23(12-11-22)27(25,26)18-8-7-16(2)19(21)14-18/h3,5-8,13-14H,4,9-12H2,1-2H3. The number of aryl methyl sites for hydroxylation is 2. The van der Waals surface area contributed by atoms with Crippen molar-refractivity contribution in [3.05, 3.63) is 65.0 Å². The van der Waals surface area contributed by atoms with E-state index in [2.05, 4.69) is 0 Å². The lowest BCUT2D eigenvalue weighted by Gasteiger charge is -2.22. The Hall–Kier alpha value is -2.25. The molecule has 27 heavy (non-hydrogen) atoms. The van der Waals surface area contributed by atoms with E-state index in [1.165, 1.54) is 16.4 Å². The molecule has 144 valence electrons. The van der Waals surface area contributed by atoms with Gasteiger partial charge in [-0.2, -0.15) is 4.31 Å². The second kappa shape index (κ2) is 7.78. The molecule has 1 heterocycles. The Morgan fingerprint density at radius 3 is 2.48 bits per heavy atom. The van der Waals surface area contributed by atoms with Crippen molar-refractivity contribution in [2.24, 2.45) is 0 Å². The Labute approximate surface area is 159 Å². The lowest BCUT2D eigenvalue weighted by molar-refractivity contribution is 0.0764. The molecule has 0 unspecified atom stereocenters. The molecule has 1 saturated heterocycles. The lowest BCUT2D eigenvalue weighted by atomic mass is 10.1. The fourth-order valence-electron chi connectivity index (χ4n) is 3.18. The molecule has 0 radical (unpaired) electrons. The van der Waals surface area contributed by atoms with E-state index in [1.54, 1.807) is 17.9 Å². The highest BCUT2D eigenvalue weighted by Crippen LogP contribution is 2.21. The van der Waals surface area contributed by atoms with E-state index in [9.17, 15) is 17.6 Å². The van der Waals surface area contributed by atoms with Gasteiger partial charge in [0, 0.05) is 31.7 Å². The molecule has 3 rings (SSSR count). The first-order chi connectivity index (χ1) is 12.8. The van der Waals surface area contributed by atoms with Gasteiger partial charge in [0.1, 0.15) is 5.82 Å². The van der Waals surface area contributed by atoms with Crippen LogP contribution >= 0.6 is 0 Å². The predicted molar refractivity (Wildman–Crippen MR) is 102 cm³/mol. The molecule has 1 fully saturated rings. The number of amides is 1. The first-order valence-electron chi connectivity index (χ1n) is 8.91. The third-order valence-corrected chi connectivity index (χ3v) is 6.68. The van der Waals surface area contributed by atoms with E-state index in [-0.39, 0.29) is 17.3 Å². The Balaban J connectivity index is 1.76. The van der Waals surface area contributed by atoms with Gasteiger partial charge >= 0.3 is 0 Å². The Bertz CT molecular complexity index is 959. The third kappa shape index (κ3) is 4.20. The maximum absolute atomic E-state index is 13.8. The van der Waals surface area contributed by atoms with E-state index >= 15 is 0 Å². The van der Waals surface area contributed by atoms with Crippen LogP contribution in [0.5, 0.6) is 0 Å². The van der Waals surface area contributed by atoms with Gasteiger partial charge in [-0.25, -0.2) is 12.8 Å². The van der Waals surface area contributed by atoms with Crippen LogP contribution < -0.4 is 0 Å². The van der Waals surface area contributed by atoms with Crippen LogP contribution in [0.25, 0.3) is 0 Å². The lowest BCUT2D eigenvalue weighted by Crippen LogP contribution is -2.37. The summed E-state index contributed by atoms with van der Waals surface area (Å²) in [6.45, 7) is 4.80. The molecule has 0 spiro atoms. The minimum absolute atomic E-state index is 0.0518. The van der Waals surface area contributed by atoms with Gasteiger partial charge in [-0.05, 0) is 50.1 Å². The third-order valence-electron chi connectivity index (χ3n) is 4.79. The number of nitrogens with zero attached hydrogens (tertiary/aromatic N) is 2. The van der Waals surface area contributed by atoms with Crippen molar-refractivity contribution in [1.82, 2.24) is 9.21 Å². The van der Waals surface area contributed by atoms with Gasteiger partial charge in [0.05, 0.1) is 4.90 Å². The fourth-order valence-corrected chi connectivity index (χ4v) is 4.66. The number of hydrogen-bond donors (Lipinski definition) is 0. The number of carbonyl (C=O) groups excluding carboxylic acids is 1. The highest BCUT2D eigenvalue weighted by molar-refractivity contribution is 7.89. The number of sulfonamides is 1. The van der Waals surface area contributed by atoms with Crippen molar-refractivity contribution >= 4 is 15.9 Å². The van der Waals surface area contributed by atoms with Crippen molar-refractivity contribution < 1.29 is 17.6 Å². The first-order valence-corrected chi connectivity index (χ1v) is 10.4. The average Bonchev–Trinajstić information content (AvgIpc) is 2.90. The number of rotatable bonds is 3. The van der Waals surface area contributed by atoms with Crippen LogP contribution in [-0.2, 0) is 10.0 Å². The molecule has 0 saturated carbocycles. The summed E-state index contributed by atoms with van der Waals surface area (Å²) in [5, 5.41) is 0. The zero-order valence-corrected chi connectivity index (χ0v) is 16.3. The van der Waals surface area contributed by atoms with E-state index in [0.29, 0.717) is 37.2 Å². The fraction of sp³-hybridized carbons (Fsp3) is 0.350. The summed E-state index contributed by atoms with van der Waals surface area (Å²) in [5.41, 5.74) is 2.01. The smallest absolute Gasteiger partial charge is 0.253 e. The number of halogens is 1. The highest BCUT2D eigenvalue weighted by atomic mass is 32.2.